The summed E-state index contributed by atoms with van der Waals surface area (Å²) < 4.78 is 0. The van der Waals surface area contributed by atoms with E-state index in [1.807, 2.05) is 24.3 Å². The molecule has 0 bridgehead atoms. The molecule has 26 heavy (non-hydrogen) atoms. The molecule has 0 aliphatic carbocycles. The average molecular weight is 352 g/mol. The van der Waals surface area contributed by atoms with Gasteiger partial charge in [-0.1, -0.05) is 54.6 Å². The van der Waals surface area contributed by atoms with Crippen molar-refractivity contribution in [3.8, 4) is 0 Å². The summed E-state index contributed by atoms with van der Waals surface area (Å²) in [5.41, 5.74) is 3.43. The van der Waals surface area contributed by atoms with Gasteiger partial charge in [-0.3, -0.25) is 9.69 Å². The number of nitrogens with one attached hydrogen (secondary N) is 1. The van der Waals surface area contributed by atoms with E-state index in [0.717, 1.165) is 31.7 Å². The highest BCUT2D eigenvalue weighted by atomic mass is 16.4. The summed E-state index contributed by atoms with van der Waals surface area (Å²) in [6, 6.07) is 19.1. The molecule has 1 aliphatic heterocycles. The molecule has 1 aliphatic rings. The Morgan fingerprint density at radius 2 is 1.88 bits per heavy atom. The average Bonchev–Trinajstić information content (AvgIpc) is 2.67. The SMILES string of the molecule is CC(C(=O)O)c1ccc(CNC2CCCN(Cc3ccccc3)C2)cc1. The molecule has 4 heteroatoms. The summed E-state index contributed by atoms with van der Waals surface area (Å²) >= 11 is 0. The molecule has 2 atom stereocenters. The van der Waals surface area contributed by atoms with Crippen molar-refractivity contribution in [1.82, 2.24) is 10.2 Å². The lowest BCUT2D eigenvalue weighted by atomic mass is 10.00. The third kappa shape index (κ3) is 5.16. The lowest BCUT2D eigenvalue weighted by Gasteiger charge is -2.33. The van der Waals surface area contributed by atoms with Crippen LogP contribution in [0.5, 0.6) is 0 Å². The van der Waals surface area contributed by atoms with Crippen LogP contribution in [0.2, 0.25) is 0 Å². The topological polar surface area (TPSA) is 52.6 Å². The Balaban J connectivity index is 1.49. The zero-order valence-corrected chi connectivity index (χ0v) is 15.4. The molecule has 4 nitrogen and oxygen atoms in total. The Labute approximate surface area is 155 Å². The summed E-state index contributed by atoms with van der Waals surface area (Å²) in [4.78, 5) is 13.6. The van der Waals surface area contributed by atoms with Crippen molar-refractivity contribution in [2.24, 2.45) is 0 Å². The van der Waals surface area contributed by atoms with Crippen molar-refractivity contribution < 1.29 is 9.90 Å². The van der Waals surface area contributed by atoms with Gasteiger partial charge in [0.25, 0.3) is 0 Å². The van der Waals surface area contributed by atoms with Crippen molar-refractivity contribution in [3.05, 3.63) is 71.3 Å². The number of aliphatic carboxylic acids is 1. The second kappa shape index (κ2) is 8.97. The van der Waals surface area contributed by atoms with Crippen LogP contribution in [0.4, 0.5) is 0 Å². The maximum atomic E-state index is 11.1. The van der Waals surface area contributed by atoms with Gasteiger partial charge in [0, 0.05) is 25.7 Å². The summed E-state index contributed by atoms with van der Waals surface area (Å²) in [6.07, 6.45) is 2.43. The van der Waals surface area contributed by atoms with E-state index in [0.29, 0.717) is 6.04 Å². The number of carboxylic acids is 1. The van der Waals surface area contributed by atoms with Gasteiger partial charge in [0.2, 0.25) is 0 Å². The first-order valence-electron chi connectivity index (χ1n) is 9.43. The van der Waals surface area contributed by atoms with Crippen LogP contribution in [-0.2, 0) is 17.9 Å². The molecule has 138 valence electrons. The fourth-order valence-corrected chi connectivity index (χ4v) is 3.54. The van der Waals surface area contributed by atoms with Crippen molar-refractivity contribution in [2.45, 2.75) is 44.8 Å². The number of carboxylic acid groups (broad SMARTS) is 1. The Hall–Kier alpha value is -2.17. The van der Waals surface area contributed by atoms with E-state index in [4.69, 9.17) is 5.11 Å². The maximum absolute atomic E-state index is 11.1. The molecule has 0 amide bonds. The van der Waals surface area contributed by atoms with Crippen LogP contribution in [0, 0.1) is 0 Å². The monoisotopic (exact) mass is 352 g/mol. The molecular weight excluding hydrogens is 324 g/mol. The molecule has 2 aromatic rings. The van der Waals surface area contributed by atoms with E-state index in [2.05, 4.69) is 40.5 Å². The summed E-state index contributed by atoms with van der Waals surface area (Å²) in [5, 5.41) is 12.8. The smallest absolute Gasteiger partial charge is 0.310 e. The van der Waals surface area contributed by atoms with Gasteiger partial charge < -0.3 is 10.4 Å². The predicted molar refractivity (Wildman–Crippen MR) is 104 cm³/mol. The van der Waals surface area contributed by atoms with Gasteiger partial charge in [0.15, 0.2) is 0 Å². The van der Waals surface area contributed by atoms with Crippen LogP contribution in [0.1, 0.15) is 42.4 Å². The van der Waals surface area contributed by atoms with E-state index in [-0.39, 0.29) is 0 Å². The van der Waals surface area contributed by atoms with Gasteiger partial charge in [0.1, 0.15) is 0 Å². The fourth-order valence-electron chi connectivity index (χ4n) is 3.54. The zero-order valence-electron chi connectivity index (χ0n) is 15.4. The summed E-state index contributed by atoms with van der Waals surface area (Å²) in [7, 11) is 0. The highest BCUT2D eigenvalue weighted by Gasteiger charge is 2.19. The molecule has 1 heterocycles. The highest BCUT2D eigenvalue weighted by molar-refractivity contribution is 5.75. The lowest BCUT2D eigenvalue weighted by molar-refractivity contribution is -0.138. The molecule has 1 fully saturated rings. The lowest BCUT2D eigenvalue weighted by Crippen LogP contribution is -2.45. The Kier molecular flexibility index (Phi) is 6.42. The molecule has 2 N–H and O–H groups in total. The minimum atomic E-state index is -0.781. The maximum Gasteiger partial charge on any atom is 0.310 e. The van der Waals surface area contributed by atoms with Crippen molar-refractivity contribution in [2.75, 3.05) is 13.1 Å². The number of nitrogens with zero attached hydrogens (tertiary/aromatic N) is 1. The number of rotatable bonds is 7. The first-order chi connectivity index (χ1) is 12.6. The van der Waals surface area contributed by atoms with Crippen molar-refractivity contribution in [1.29, 1.82) is 0 Å². The molecule has 2 unspecified atom stereocenters. The van der Waals surface area contributed by atoms with Crippen LogP contribution in [-0.4, -0.2) is 35.1 Å². The largest absolute Gasteiger partial charge is 0.481 e. The van der Waals surface area contributed by atoms with E-state index >= 15 is 0 Å². The van der Waals surface area contributed by atoms with Crippen molar-refractivity contribution >= 4 is 5.97 Å². The van der Waals surface area contributed by atoms with Gasteiger partial charge in [-0.25, -0.2) is 0 Å². The van der Waals surface area contributed by atoms with Gasteiger partial charge >= 0.3 is 5.97 Å². The second-order valence-electron chi connectivity index (χ2n) is 7.24. The molecule has 1 saturated heterocycles. The van der Waals surface area contributed by atoms with E-state index in [9.17, 15) is 4.79 Å². The Bertz CT molecular complexity index is 700. The van der Waals surface area contributed by atoms with Gasteiger partial charge in [-0.2, -0.15) is 0 Å². The second-order valence-corrected chi connectivity index (χ2v) is 7.24. The van der Waals surface area contributed by atoms with E-state index in [1.165, 1.54) is 24.0 Å². The van der Waals surface area contributed by atoms with E-state index in [1.54, 1.807) is 6.92 Å². The fraction of sp³-hybridized carbons (Fsp3) is 0.409. The molecular formula is C22H28N2O2. The number of carbonyl (C=O) groups is 1. The van der Waals surface area contributed by atoms with Crippen LogP contribution in [0.25, 0.3) is 0 Å². The van der Waals surface area contributed by atoms with E-state index < -0.39 is 11.9 Å². The Morgan fingerprint density at radius 1 is 1.15 bits per heavy atom. The van der Waals surface area contributed by atoms with Crippen LogP contribution >= 0.6 is 0 Å². The minimum absolute atomic E-state index is 0.457. The number of piperidine rings is 1. The zero-order chi connectivity index (χ0) is 18.4. The minimum Gasteiger partial charge on any atom is -0.481 e. The van der Waals surface area contributed by atoms with Crippen LogP contribution < -0.4 is 5.32 Å². The predicted octanol–water partition coefficient (Wildman–Crippen LogP) is 3.63. The normalized spacial score (nSPS) is 19.2. The summed E-state index contributed by atoms with van der Waals surface area (Å²) in [6.45, 7) is 5.79. The van der Waals surface area contributed by atoms with Crippen molar-refractivity contribution in [3.63, 3.8) is 0 Å². The third-order valence-corrected chi connectivity index (χ3v) is 5.20. The quantitative estimate of drug-likeness (QED) is 0.799. The number of likely N-dealkylation sites (tertiary alicyclic amines) is 1. The molecule has 0 radical (unpaired) electrons. The third-order valence-electron chi connectivity index (χ3n) is 5.20. The summed E-state index contributed by atoms with van der Waals surface area (Å²) in [5.74, 6) is -1.24. The number of hydrogen-bond acceptors (Lipinski definition) is 3. The molecule has 0 spiro atoms. The molecule has 0 saturated carbocycles. The van der Waals surface area contributed by atoms with Gasteiger partial charge in [0.05, 0.1) is 5.92 Å². The molecule has 0 aromatic heterocycles. The number of hydrogen-bond donors (Lipinski definition) is 2. The highest BCUT2D eigenvalue weighted by Crippen LogP contribution is 2.17. The Morgan fingerprint density at radius 3 is 2.58 bits per heavy atom. The van der Waals surface area contributed by atoms with Crippen LogP contribution in [0.3, 0.4) is 0 Å². The molecule has 2 aromatic carbocycles. The number of benzene rings is 2. The standard InChI is InChI=1S/C22H28N2O2/c1-17(22(25)26)20-11-9-18(10-12-20)14-23-21-8-5-13-24(16-21)15-19-6-3-2-4-7-19/h2-4,6-7,9-12,17,21,23H,5,8,13-16H2,1H3,(H,25,26). The first-order valence-corrected chi connectivity index (χ1v) is 9.43. The van der Waals surface area contributed by atoms with Crippen LogP contribution in [0.15, 0.2) is 54.6 Å². The molecule has 3 rings (SSSR count). The van der Waals surface area contributed by atoms with Gasteiger partial charge in [-0.15, -0.1) is 0 Å². The first kappa shape index (κ1) is 18.6. The van der Waals surface area contributed by atoms with Gasteiger partial charge in [-0.05, 0) is 43.0 Å².